The van der Waals surface area contributed by atoms with Gasteiger partial charge in [-0.15, -0.1) is 0 Å². The Morgan fingerprint density at radius 1 is 1.19 bits per heavy atom. The van der Waals surface area contributed by atoms with E-state index in [9.17, 15) is 13.6 Å². The van der Waals surface area contributed by atoms with Gasteiger partial charge in [0.15, 0.2) is 17.1 Å². The number of pyridine rings is 1. The van der Waals surface area contributed by atoms with E-state index in [-0.39, 0.29) is 24.0 Å². The molecule has 1 aliphatic heterocycles. The fourth-order valence-corrected chi connectivity index (χ4v) is 4.13. The third-order valence-corrected chi connectivity index (χ3v) is 5.63. The first-order valence-corrected chi connectivity index (χ1v) is 10.6. The van der Waals surface area contributed by atoms with Crippen molar-refractivity contribution in [1.29, 1.82) is 0 Å². The number of carbonyl (C=O) groups is 1. The quantitative estimate of drug-likeness (QED) is 0.566. The Bertz CT molecular complexity index is 1150. The number of amides is 1. The minimum Gasteiger partial charge on any atom is -0.493 e. The zero-order valence-corrected chi connectivity index (χ0v) is 18.4. The maximum absolute atomic E-state index is 13.4. The van der Waals surface area contributed by atoms with Gasteiger partial charge in [0.2, 0.25) is 0 Å². The lowest BCUT2D eigenvalue weighted by Gasteiger charge is -2.19. The largest absolute Gasteiger partial charge is 0.493 e. The lowest BCUT2D eigenvalue weighted by molar-refractivity contribution is -0.0512. The number of fused-ring (bicyclic) bond motifs is 3. The van der Waals surface area contributed by atoms with Gasteiger partial charge < -0.3 is 18.9 Å². The maximum Gasteiger partial charge on any atom is 0.387 e. The van der Waals surface area contributed by atoms with Crippen LogP contribution in [0.2, 0.25) is 0 Å². The maximum atomic E-state index is 13.4. The third kappa shape index (κ3) is 4.37. The molecule has 0 aliphatic carbocycles. The fourth-order valence-electron chi connectivity index (χ4n) is 4.13. The summed E-state index contributed by atoms with van der Waals surface area (Å²) < 4.78 is 36.9. The highest BCUT2D eigenvalue weighted by Crippen LogP contribution is 2.30. The molecule has 0 saturated carbocycles. The number of methoxy groups -OCH3 is 1. The second kappa shape index (κ2) is 9.10. The van der Waals surface area contributed by atoms with Crippen molar-refractivity contribution >= 4 is 17.1 Å². The number of imidazole rings is 1. The number of aryl methyl sites for hydroxylation is 3. The van der Waals surface area contributed by atoms with Gasteiger partial charge in [-0.1, -0.05) is 12.5 Å². The molecule has 3 heterocycles. The van der Waals surface area contributed by atoms with Crippen molar-refractivity contribution in [3.8, 4) is 11.5 Å². The van der Waals surface area contributed by atoms with Crippen LogP contribution in [0.15, 0.2) is 24.3 Å². The van der Waals surface area contributed by atoms with Crippen molar-refractivity contribution in [3.63, 3.8) is 0 Å². The first-order chi connectivity index (χ1) is 15.4. The summed E-state index contributed by atoms with van der Waals surface area (Å²) in [6, 6.07) is 6.41. The highest BCUT2D eigenvalue weighted by molar-refractivity contribution is 6.04. The number of benzene rings is 1. The standard InChI is InChI=1S/C23H26F2N4O3/c1-14-11-16(20-21(26-14)29-10-6-4-5-7-19(29)27-20)22(30)28(2)13-15-8-9-17(32-23(24)25)18(12-15)31-3/h8-9,11-12,23H,4-7,10,13H2,1-3H3. The Labute approximate surface area is 185 Å². The van der Waals surface area contributed by atoms with Gasteiger partial charge >= 0.3 is 6.61 Å². The van der Waals surface area contributed by atoms with E-state index in [4.69, 9.17) is 9.72 Å². The average molecular weight is 444 g/mol. The van der Waals surface area contributed by atoms with Crippen LogP contribution in [-0.2, 0) is 19.5 Å². The van der Waals surface area contributed by atoms with E-state index in [2.05, 4.69) is 14.3 Å². The molecule has 1 aromatic carbocycles. The molecular formula is C23H26F2N4O3. The summed E-state index contributed by atoms with van der Waals surface area (Å²) in [6.07, 6.45) is 4.20. The molecule has 3 aromatic rings. The molecule has 0 bridgehead atoms. The smallest absolute Gasteiger partial charge is 0.387 e. The Morgan fingerprint density at radius 2 is 2.00 bits per heavy atom. The number of ether oxygens (including phenoxy) is 2. The van der Waals surface area contributed by atoms with Crippen molar-refractivity contribution in [3.05, 3.63) is 46.9 Å². The molecule has 32 heavy (non-hydrogen) atoms. The molecule has 1 aliphatic rings. The summed E-state index contributed by atoms with van der Waals surface area (Å²) in [4.78, 5) is 24.4. The number of hydrogen-bond acceptors (Lipinski definition) is 5. The van der Waals surface area contributed by atoms with Crippen LogP contribution >= 0.6 is 0 Å². The van der Waals surface area contributed by atoms with E-state index in [1.807, 2.05) is 6.92 Å². The van der Waals surface area contributed by atoms with Gasteiger partial charge in [-0.05, 0) is 43.5 Å². The lowest BCUT2D eigenvalue weighted by Crippen LogP contribution is -2.26. The second-order valence-corrected chi connectivity index (χ2v) is 8.00. The SMILES string of the molecule is COc1cc(CN(C)C(=O)c2cc(C)nc3c2nc2n3CCCCC2)ccc1OC(F)F. The zero-order chi connectivity index (χ0) is 22.8. The highest BCUT2D eigenvalue weighted by Gasteiger charge is 2.23. The van der Waals surface area contributed by atoms with Crippen molar-refractivity contribution < 1.29 is 23.0 Å². The van der Waals surface area contributed by atoms with Gasteiger partial charge in [0.1, 0.15) is 11.3 Å². The summed E-state index contributed by atoms with van der Waals surface area (Å²) in [5.41, 5.74) is 3.38. The molecule has 0 spiro atoms. The molecule has 7 nitrogen and oxygen atoms in total. The second-order valence-electron chi connectivity index (χ2n) is 8.00. The Hall–Kier alpha value is -3.23. The van der Waals surface area contributed by atoms with Crippen LogP contribution in [0.3, 0.4) is 0 Å². The van der Waals surface area contributed by atoms with Gasteiger partial charge in [-0.25, -0.2) is 9.97 Å². The highest BCUT2D eigenvalue weighted by atomic mass is 19.3. The Kier molecular flexibility index (Phi) is 6.25. The van der Waals surface area contributed by atoms with Gasteiger partial charge in [-0.3, -0.25) is 4.79 Å². The molecule has 0 fully saturated rings. The Balaban J connectivity index is 1.62. The van der Waals surface area contributed by atoms with E-state index in [1.165, 1.54) is 13.2 Å². The van der Waals surface area contributed by atoms with Crippen molar-refractivity contribution in [2.24, 2.45) is 0 Å². The number of rotatable bonds is 6. The Morgan fingerprint density at radius 3 is 2.75 bits per heavy atom. The number of aromatic nitrogens is 3. The third-order valence-electron chi connectivity index (χ3n) is 5.63. The van der Waals surface area contributed by atoms with E-state index in [0.717, 1.165) is 55.0 Å². The molecule has 0 saturated heterocycles. The minimum atomic E-state index is -2.94. The summed E-state index contributed by atoms with van der Waals surface area (Å²) in [7, 11) is 3.08. The normalized spacial score (nSPS) is 13.7. The van der Waals surface area contributed by atoms with E-state index in [0.29, 0.717) is 11.1 Å². The van der Waals surface area contributed by atoms with E-state index >= 15 is 0 Å². The monoisotopic (exact) mass is 444 g/mol. The van der Waals surface area contributed by atoms with Crippen LogP contribution in [0, 0.1) is 6.92 Å². The summed E-state index contributed by atoms with van der Waals surface area (Å²) >= 11 is 0. The molecule has 0 atom stereocenters. The predicted molar refractivity (Wildman–Crippen MR) is 115 cm³/mol. The van der Waals surface area contributed by atoms with Crippen molar-refractivity contribution in [2.75, 3.05) is 14.2 Å². The van der Waals surface area contributed by atoms with Crippen LogP contribution in [0.1, 0.15) is 46.7 Å². The summed E-state index contributed by atoms with van der Waals surface area (Å²) in [6.45, 7) is 0.0555. The number of halogens is 2. The molecule has 0 N–H and O–H groups in total. The average Bonchev–Trinajstić information content (AvgIpc) is 2.93. The number of nitrogens with zero attached hydrogens (tertiary/aromatic N) is 4. The molecule has 1 amide bonds. The van der Waals surface area contributed by atoms with Crippen LogP contribution in [0.5, 0.6) is 11.5 Å². The molecular weight excluding hydrogens is 418 g/mol. The van der Waals surface area contributed by atoms with Gasteiger partial charge in [0.05, 0.1) is 12.7 Å². The number of alkyl halides is 2. The van der Waals surface area contributed by atoms with Gasteiger partial charge in [-0.2, -0.15) is 8.78 Å². The molecule has 2 aromatic heterocycles. The number of carbonyl (C=O) groups excluding carboxylic acids is 1. The zero-order valence-electron chi connectivity index (χ0n) is 18.4. The van der Waals surface area contributed by atoms with Crippen molar-refractivity contribution in [1.82, 2.24) is 19.4 Å². The van der Waals surface area contributed by atoms with Crippen LogP contribution < -0.4 is 9.47 Å². The summed E-state index contributed by atoms with van der Waals surface area (Å²) in [5.74, 6) is 0.933. The first-order valence-electron chi connectivity index (χ1n) is 10.6. The topological polar surface area (TPSA) is 69.5 Å². The van der Waals surface area contributed by atoms with Gasteiger partial charge in [0, 0.05) is 32.3 Å². The molecule has 4 rings (SSSR count). The predicted octanol–water partition coefficient (Wildman–Crippen LogP) is 4.35. The minimum absolute atomic E-state index is 0.0498. The summed E-state index contributed by atoms with van der Waals surface area (Å²) in [5, 5.41) is 0. The van der Waals surface area contributed by atoms with Gasteiger partial charge in [0.25, 0.3) is 5.91 Å². The van der Waals surface area contributed by atoms with E-state index in [1.54, 1.807) is 30.1 Å². The molecule has 9 heteroatoms. The lowest BCUT2D eigenvalue weighted by atomic mass is 10.1. The van der Waals surface area contributed by atoms with Crippen LogP contribution in [-0.4, -0.2) is 46.1 Å². The molecule has 170 valence electrons. The molecule has 0 radical (unpaired) electrons. The molecule has 0 unspecified atom stereocenters. The first kappa shape index (κ1) is 22.0. The van der Waals surface area contributed by atoms with Crippen molar-refractivity contribution in [2.45, 2.75) is 52.3 Å². The van der Waals surface area contributed by atoms with Crippen LogP contribution in [0.4, 0.5) is 8.78 Å². The van der Waals surface area contributed by atoms with E-state index < -0.39 is 6.61 Å². The fraction of sp³-hybridized carbons (Fsp3) is 0.435. The number of hydrogen-bond donors (Lipinski definition) is 0. The van der Waals surface area contributed by atoms with Crippen LogP contribution in [0.25, 0.3) is 11.2 Å².